The van der Waals surface area contributed by atoms with E-state index in [2.05, 4.69) is 4.98 Å². The maximum atomic E-state index is 11.1. The van der Waals surface area contributed by atoms with Crippen LogP contribution >= 0.6 is 0 Å². The van der Waals surface area contributed by atoms with Gasteiger partial charge in [0.15, 0.2) is 0 Å². The molecule has 1 aliphatic heterocycles. The third-order valence-corrected chi connectivity index (χ3v) is 2.92. The SMILES string of the molecule is O=C(O)[C@H]1CC[C@@H](C(=O)O)N1c1ccncc1. The first-order chi connectivity index (χ1) is 8.11. The molecule has 0 saturated carbocycles. The van der Waals surface area contributed by atoms with Crippen LogP contribution in [-0.4, -0.2) is 39.2 Å². The van der Waals surface area contributed by atoms with Crippen molar-refractivity contribution in [1.82, 2.24) is 4.98 Å². The number of aromatic nitrogens is 1. The summed E-state index contributed by atoms with van der Waals surface area (Å²) in [5, 5.41) is 18.2. The van der Waals surface area contributed by atoms with Crippen LogP contribution in [0.15, 0.2) is 24.5 Å². The molecule has 1 aliphatic rings. The number of anilines is 1. The molecule has 2 rings (SSSR count). The summed E-state index contributed by atoms with van der Waals surface area (Å²) in [5.41, 5.74) is 0.581. The van der Waals surface area contributed by atoms with Gasteiger partial charge in [0.1, 0.15) is 12.1 Å². The molecule has 0 amide bonds. The molecule has 1 aromatic heterocycles. The first-order valence-electron chi connectivity index (χ1n) is 5.25. The van der Waals surface area contributed by atoms with Crippen LogP contribution in [0.5, 0.6) is 0 Å². The quantitative estimate of drug-likeness (QED) is 0.798. The molecule has 90 valence electrons. The van der Waals surface area contributed by atoms with E-state index in [4.69, 9.17) is 10.2 Å². The Hall–Kier alpha value is -2.11. The number of carbonyl (C=O) groups is 2. The highest BCUT2D eigenvalue weighted by atomic mass is 16.4. The fourth-order valence-corrected chi connectivity index (χ4v) is 2.17. The topological polar surface area (TPSA) is 90.7 Å². The van der Waals surface area contributed by atoms with Gasteiger partial charge in [-0.1, -0.05) is 0 Å². The summed E-state index contributed by atoms with van der Waals surface area (Å²) in [7, 11) is 0. The Balaban J connectivity index is 2.36. The highest BCUT2D eigenvalue weighted by Crippen LogP contribution is 2.30. The van der Waals surface area contributed by atoms with Crippen molar-refractivity contribution in [2.45, 2.75) is 24.9 Å². The molecule has 6 heteroatoms. The molecule has 0 bridgehead atoms. The summed E-state index contributed by atoms with van der Waals surface area (Å²) < 4.78 is 0. The summed E-state index contributed by atoms with van der Waals surface area (Å²) in [6.45, 7) is 0. The highest BCUT2D eigenvalue weighted by Gasteiger charge is 2.41. The van der Waals surface area contributed by atoms with Crippen molar-refractivity contribution >= 4 is 17.6 Å². The number of hydrogen-bond donors (Lipinski definition) is 2. The number of pyridine rings is 1. The number of carboxylic acid groups (broad SMARTS) is 2. The monoisotopic (exact) mass is 236 g/mol. The van der Waals surface area contributed by atoms with Gasteiger partial charge in [-0.3, -0.25) is 4.98 Å². The summed E-state index contributed by atoms with van der Waals surface area (Å²) in [6, 6.07) is 1.69. The van der Waals surface area contributed by atoms with Gasteiger partial charge in [-0.25, -0.2) is 9.59 Å². The molecule has 0 unspecified atom stereocenters. The third-order valence-electron chi connectivity index (χ3n) is 2.92. The Bertz CT molecular complexity index is 412. The molecule has 1 fully saturated rings. The van der Waals surface area contributed by atoms with Gasteiger partial charge in [-0.15, -0.1) is 0 Å². The zero-order valence-corrected chi connectivity index (χ0v) is 8.98. The van der Waals surface area contributed by atoms with Gasteiger partial charge in [0.25, 0.3) is 0 Å². The summed E-state index contributed by atoms with van der Waals surface area (Å²) in [4.78, 5) is 27.5. The lowest BCUT2D eigenvalue weighted by Crippen LogP contribution is -2.44. The van der Waals surface area contributed by atoms with E-state index in [0.717, 1.165) is 0 Å². The van der Waals surface area contributed by atoms with E-state index in [0.29, 0.717) is 18.5 Å². The Morgan fingerprint density at radius 1 is 1.12 bits per heavy atom. The van der Waals surface area contributed by atoms with Crippen LogP contribution in [0.2, 0.25) is 0 Å². The van der Waals surface area contributed by atoms with E-state index in [1.54, 1.807) is 12.1 Å². The van der Waals surface area contributed by atoms with Crippen molar-refractivity contribution < 1.29 is 19.8 Å². The second-order valence-corrected chi connectivity index (χ2v) is 3.90. The van der Waals surface area contributed by atoms with E-state index in [1.165, 1.54) is 17.3 Å². The number of carboxylic acids is 2. The van der Waals surface area contributed by atoms with Crippen LogP contribution in [-0.2, 0) is 9.59 Å². The van der Waals surface area contributed by atoms with Crippen LogP contribution in [0, 0.1) is 0 Å². The van der Waals surface area contributed by atoms with Crippen molar-refractivity contribution in [2.75, 3.05) is 4.90 Å². The second-order valence-electron chi connectivity index (χ2n) is 3.90. The van der Waals surface area contributed by atoms with Gasteiger partial charge >= 0.3 is 11.9 Å². The van der Waals surface area contributed by atoms with E-state index in [-0.39, 0.29) is 0 Å². The summed E-state index contributed by atoms with van der Waals surface area (Å²) in [6.07, 6.45) is 3.72. The van der Waals surface area contributed by atoms with Gasteiger partial charge in [-0.2, -0.15) is 0 Å². The number of rotatable bonds is 3. The molecule has 0 spiro atoms. The minimum Gasteiger partial charge on any atom is -0.480 e. The van der Waals surface area contributed by atoms with E-state index in [9.17, 15) is 9.59 Å². The molecule has 0 radical (unpaired) electrons. The van der Waals surface area contributed by atoms with Crippen molar-refractivity contribution in [3.8, 4) is 0 Å². The first kappa shape index (κ1) is 11.4. The Morgan fingerprint density at radius 3 is 2.00 bits per heavy atom. The van der Waals surface area contributed by atoms with Crippen LogP contribution in [0.25, 0.3) is 0 Å². The zero-order chi connectivity index (χ0) is 12.4. The van der Waals surface area contributed by atoms with Crippen molar-refractivity contribution in [1.29, 1.82) is 0 Å². The predicted octanol–water partition coefficient (Wildman–Crippen LogP) is 0.588. The van der Waals surface area contributed by atoms with Gasteiger partial charge < -0.3 is 15.1 Å². The van der Waals surface area contributed by atoms with Crippen molar-refractivity contribution in [2.24, 2.45) is 0 Å². The van der Waals surface area contributed by atoms with E-state index < -0.39 is 24.0 Å². The average Bonchev–Trinajstić information content (AvgIpc) is 2.74. The minimum atomic E-state index is -0.995. The molecule has 2 heterocycles. The van der Waals surface area contributed by atoms with E-state index >= 15 is 0 Å². The van der Waals surface area contributed by atoms with Crippen LogP contribution in [0.3, 0.4) is 0 Å². The maximum Gasteiger partial charge on any atom is 0.326 e. The Kier molecular flexibility index (Phi) is 2.95. The molecule has 0 aromatic carbocycles. The lowest BCUT2D eigenvalue weighted by atomic mass is 10.2. The molecule has 1 aromatic rings. The number of nitrogens with zero attached hydrogens (tertiary/aromatic N) is 2. The number of aliphatic carboxylic acids is 2. The van der Waals surface area contributed by atoms with Crippen LogP contribution in [0.4, 0.5) is 5.69 Å². The molecule has 0 aliphatic carbocycles. The largest absolute Gasteiger partial charge is 0.480 e. The second kappa shape index (κ2) is 4.40. The first-order valence-corrected chi connectivity index (χ1v) is 5.25. The molecular formula is C11H12N2O4. The molecule has 6 nitrogen and oxygen atoms in total. The average molecular weight is 236 g/mol. The van der Waals surface area contributed by atoms with Crippen LogP contribution in [0.1, 0.15) is 12.8 Å². The van der Waals surface area contributed by atoms with Crippen molar-refractivity contribution in [3.63, 3.8) is 0 Å². The fraction of sp³-hybridized carbons (Fsp3) is 0.364. The standard InChI is InChI=1S/C11H12N2O4/c14-10(15)8-1-2-9(11(16)17)13(8)7-3-5-12-6-4-7/h3-6,8-9H,1-2H2,(H,14,15)(H,16,17)/t8-,9+. The van der Waals surface area contributed by atoms with E-state index in [1.807, 2.05) is 0 Å². The van der Waals surface area contributed by atoms with Gasteiger partial charge in [0.2, 0.25) is 0 Å². The minimum absolute atomic E-state index is 0.342. The van der Waals surface area contributed by atoms with Gasteiger partial charge in [0, 0.05) is 18.1 Å². The molecule has 1 saturated heterocycles. The summed E-state index contributed by atoms with van der Waals surface area (Å²) >= 11 is 0. The predicted molar refractivity (Wildman–Crippen MR) is 58.8 cm³/mol. The Labute approximate surface area is 97.5 Å². The summed E-state index contributed by atoms with van der Waals surface area (Å²) in [5.74, 6) is -1.99. The third kappa shape index (κ3) is 2.06. The normalized spacial score (nSPS) is 23.6. The number of hydrogen-bond acceptors (Lipinski definition) is 4. The zero-order valence-electron chi connectivity index (χ0n) is 8.98. The lowest BCUT2D eigenvalue weighted by Gasteiger charge is -2.27. The molecular weight excluding hydrogens is 224 g/mol. The van der Waals surface area contributed by atoms with Crippen molar-refractivity contribution in [3.05, 3.63) is 24.5 Å². The lowest BCUT2D eigenvalue weighted by molar-refractivity contribution is -0.139. The Morgan fingerprint density at radius 2 is 1.59 bits per heavy atom. The van der Waals surface area contributed by atoms with Gasteiger partial charge in [0.05, 0.1) is 0 Å². The molecule has 2 N–H and O–H groups in total. The fourth-order valence-electron chi connectivity index (χ4n) is 2.17. The van der Waals surface area contributed by atoms with Crippen LogP contribution < -0.4 is 4.90 Å². The highest BCUT2D eigenvalue weighted by molar-refractivity contribution is 5.86. The molecule has 17 heavy (non-hydrogen) atoms. The smallest absolute Gasteiger partial charge is 0.326 e. The molecule has 2 atom stereocenters. The maximum absolute atomic E-state index is 11.1. The van der Waals surface area contributed by atoms with Gasteiger partial charge in [-0.05, 0) is 25.0 Å².